The van der Waals surface area contributed by atoms with Gasteiger partial charge in [-0.3, -0.25) is 13.8 Å². The molecule has 0 spiro atoms. The van der Waals surface area contributed by atoms with Crippen molar-refractivity contribution in [3.63, 3.8) is 0 Å². The van der Waals surface area contributed by atoms with Gasteiger partial charge in [0.1, 0.15) is 13.2 Å². The Balaban J connectivity index is 4.01. The van der Waals surface area contributed by atoms with Gasteiger partial charge >= 0.3 is 7.82 Å². The molecule has 0 bridgehead atoms. The van der Waals surface area contributed by atoms with Crippen LogP contribution in [0.4, 0.5) is 0 Å². The van der Waals surface area contributed by atoms with Gasteiger partial charge in [-0.25, -0.2) is 4.57 Å². The van der Waals surface area contributed by atoms with E-state index in [1.54, 1.807) is 6.08 Å². The Bertz CT molecular complexity index is 1620. The van der Waals surface area contributed by atoms with Crippen molar-refractivity contribution in [2.24, 2.45) is 0 Å². The molecule has 0 aromatic heterocycles. The smallest absolute Gasteiger partial charge is 0.387 e. The zero-order valence-corrected chi connectivity index (χ0v) is 53.9. The van der Waals surface area contributed by atoms with Gasteiger partial charge in [0, 0.05) is 6.42 Å². The quantitative estimate of drug-likeness (QED) is 0.0243. The highest BCUT2D eigenvalue weighted by Gasteiger charge is 2.28. The molecular weight excluding hydrogens is 1010 g/mol. The van der Waals surface area contributed by atoms with Crippen molar-refractivity contribution in [3.05, 3.63) is 97.2 Å². The molecule has 0 aromatic carbocycles. The minimum absolute atomic E-state index is 0.0521. The molecule has 0 rings (SSSR count). The molecule has 1 amide bonds. The van der Waals surface area contributed by atoms with Crippen molar-refractivity contribution in [1.29, 1.82) is 0 Å². The van der Waals surface area contributed by atoms with E-state index in [1.807, 2.05) is 27.2 Å². The van der Waals surface area contributed by atoms with E-state index in [0.29, 0.717) is 17.4 Å². The summed E-state index contributed by atoms with van der Waals surface area (Å²) in [5.41, 5.74) is 0. The number of aliphatic hydroxyl groups excluding tert-OH is 1. The first-order chi connectivity index (χ1) is 39.0. The molecule has 80 heavy (non-hydrogen) atoms. The molecule has 8 nitrogen and oxygen atoms in total. The molecule has 0 fully saturated rings. The van der Waals surface area contributed by atoms with Gasteiger partial charge in [-0.05, 0) is 89.9 Å². The summed E-state index contributed by atoms with van der Waals surface area (Å²) >= 11 is 0. The summed E-state index contributed by atoms with van der Waals surface area (Å²) in [5.74, 6) is -0.189. The Hall–Kier alpha value is -2.58. The van der Waals surface area contributed by atoms with E-state index in [0.717, 1.165) is 77.0 Å². The lowest BCUT2D eigenvalue weighted by molar-refractivity contribution is -0.870. The second-order valence-electron chi connectivity index (χ2n) is 23.8. The number of nitrogens with zero attached hydrogens (tertiary/aromatic N) is 1. The minimum atomic E-state index is -4.36. The van der Waals surface area contributed by atoms with Crippen LogP contribution in [0.25, 0.3) is 0 Å². The normalized spacial score (nSPS) is 14.3. The molecule has 0 aliphatic carbocycles. The van der Waals surface area contributed by atoms with Crippen LogP contribution in [0.1, 0.15) is 296 Å². The van der Waals surface area contributed by atoms with Gasteiger partial charge in [-0.1, -0.05) is 297 Å². The van der Waals surface area contributed by atoms with E-state index in [9.17, 15) is 19.4 Å². The van der Waals surface area contributed by atoms with Crippen molar-refractivity contribution < 1.29 is 32.9 Å². The van der Waals surface area contributed by atoms with Crippen LogP contribution >= 0.6 is 7.82 Å². The summed E-state index contributed by atoms with van der Waals surface area (Å²) in [6, 6.07) is -0.873. The number of likely N-dealkylation sites (N-methyl/N-ethyl adjacent to an activating group) is 1. The van der Waals surface area contributed by atoms with E-state index < -0.39 is 20.0 Å². The number of hydrogen-bond acceptors (Lipinski definition) is 5. The van der Waals surface area contributed by atoms with Crippen LogP contribution in [-0.2, 0) is 18.4 Å². The van der Waals surface area contributed by atoms with Gasteiger partial charge in [-0.15, -0.1) is 0 Å². The third kappa shape index (κ3) is 63.0. The standard InChI is InChI=1S/C71H129N2O6P/c1-6-8-10-12-14-16-18-20-22-24-26-27-28-29-30-31-32-33-34-35-36-37-38-39-40-41-42-43-44-45-47-49-51-53-55-57-59-61-63-65-71(75)72-69(68-79-80(76,77)78-67-66-73(3,4)5)70(74)64-62-60-58-56-54-52-50-48-46-25-23-21-19-17-15-13-11-9-7-2/h8,10,14,16,20,22,26-27,29-30,46,48,54,56,62,64,69-70,74H,6-7,9,11-13,15,17-19,21,23-25,28,31-45,47,49-53,55,57-61,63,65-68H2,1-5H3,(H-,72,75,76,77)/p+1/b10-8-,16-14-,22-20-,27-26-,30-29-,48-46+,56-54+,64-62+. The van der Waals surface area contributed by atoms with Crippen molar-refractivity contribution >= 4 is 13.7 Å². The maximum Gasteiger partial charge on any atom is 0.472 e. The van der Waals surface area contributed by atoms with E-state index >= 15 is 0 Å². The zero-order chi connectivity index (χ0) is 58.4. The van der Waals surface area contributed by atoms with Crippen LogP contribution in [0, 0.1) is 0 Å². The number of amides is 1. The number of carbonyl (C=O) groups is 1. The summed E-state index contributed by atoms with van der Waals surface area (Å²) in [6.45, 7) is 4.69. The van der Waals surface area contributed by atoms with Crippen LogP contribution in [0.2, 0.25) is 0 Å². The zero-order valence-electron chi connectivity index (χ0n) is 53.0. The summed E-state index contributed by atoms with van der Waals surface area (Å²) in [4.78, 5) is 23.4. The SMILES string of the molecule is CC/C=C\C/C=C\C/C=C\C/C=C\C/C=C\CCCCCCCCCCCCCCCCCCCCCCCCCC(=O)NC(COP(=O)(O)OCC[N+](C)(C)C)C(O)/C=C/CC/C=C/CC/C=C/CCCCCCCCCCC. The average molecular weight is 1140 g/mol. The molecule has 0 aliphatic heterocycles. The largest absolute Gasteiger partial charge is 0.472 e. The lowest BCUT2D eigenvalue weighted by atomic mass is 10.0. The summed E-state index contributed by atoms with van der Waals surface area (Å²) in [5, 5.41) is 13.9. The Morgan fingerprint density at radius 3 is 1.15 bits per heavy atom. The fourth-order valence-electron chi connectivity index (χ4n) is 9.57. The van der Waals surface area contributed by atoms with E-state index in [-0.39, 0.29) is 19.1 Å². The molecule has 464 valence electrons. The van der Waals surface area contributed by atoms with Gasteiger partial charge in [0.15, 0.2) is 0 Å². The third-order valence-electron chi connectivity index (χ3n) is 14.8. The molecule has 3 unspecified atom stereocenters. The number of nitrogens with one attached hydrogen (secondary N) is 1. The van der Waals surface area contributed by atoms with Gasteiger partial charge in [0.2, 0.25) is 5.91 Å². The Labute approximate surface area is 496 Å². The molecule has 0 saturated carbocycles. The van der Waals surface area contributed by atoms with E-state index in [2.05, 4.69) is 104 Å². The lowest BCUT2D eigenvalue weighted by Crippen LogP contribution is -2.45. The molecule has 0 heterocycles. The second kappa shape index (κ2) is 61.0. The second-order valence-corrected chi connectivity index (χ2v) is 25.3. The highest BCUT2D eigenvalue weighted by Crippen LogP contribution is 2.43. The van der Waals surface area contributed by atoms with Crippen LogP contribution < -0.4 is 5.32 Å². The molecule has 3 atom stereocenters. The summed E-state index contributed by atoms with van der Waals surface area (Å²) < 4.78 is 23.7. The van der Waals surface area contributed by atoms with Crippen molar-refractivity contribution in [1.82, 2.24) is 5.32 Å². The number of quaternary nitrogens is 1. The van der Waals surface area contributed by atoms with Crippen LogP contribution in [-0.4, -0.2) is 73.4 Å². The Kier molecular flexibility index (Phi) is 59.0. The lowest BCUT2D eigenvalue weighted by Gasteiger charge is -2.25. The number of rotatable bonds is 61. The molecule has 0 saturated heterocycles. The third-order valence-corrected chi connectivity index (χ3v) is 15.7. The number of allylic oxidation sites excluding steroid dienone is 15. The topological polar surface area (TPSA) is 105 Å². The summed E-state index contributed by atoms with van der Waals surface area (Å²) in [7, 11) is 1.55. The van der Waals surface area contributed by atoms with Crippen LogP contribution in [0.15, 0.2) is 97.2 Å². The highest BCUT2D eigenvalue weighted by molar-refractivity contribution is 7.47. The van der Waals surface area contributed by atoms with E-state index in [1.165, 1.54) is 199 Å². The maximum absolute atomic E-state index is 13.0. The van der Waals surface area contributed by atoms with Gasteiger partial charge in [0.25, 0.3) is 0 Å². The monoisotopic (exact) mass is 1140 g/mol. The number of aliphatic hydroxyl groups is 1. The predicted molar refractivity (Wildman–Crippen MR) is 350 cm³/mol. The number of phosphoric ester groups is 1. The molecule has 0 aliphatic rings. The summed E-state index contributed by atoms with van der Waals surface area (Å²) in [6.07, 6.45) is 88.4. The number of hydrogen-bond donors (Lipinski definition) is 3. The van der Waals surface area contributed by atoms with Crippen LogP contribution in [0.5, 0.6) is 0 Å². The molecule has 0 aromatic rings. The molecule has 9 heteroatoms. The minimum Gasteiger partial charge on any atom is -0.387 e. The van der Waals surface area contributed by atoms with Gasteiger partial charge in [0.05, 0.1) is 39.9 Å². The van der Waals surface area contributed by atoms with Crippen molar-refractivity contribution in [2.75, 3.05) is 40.9 Å². The van der Waals surface area contributed by atoms with Crippen molar-refractivity contribution in [3.8, 4) is 0 Å². The van der Waals surface area contributed by atoms with Gasteiger partial charge in [-0.2, -0.15) is 0 Å². The number of unbranched alkanes of at least 4 members (excludes halogenated alkanes) is 34. The number of carbonyl (C=O) groups excluding carboxylic acids is 1. The first-order valence-corrected chi connectivity index (χ1v) is 35.1. The predicted octanol–water partition coefficient (Wildman–Crippen LogP) is 21.3. The Morgan fingerprint density at radius 1 is 0.438 bits per heavy atom. The highest BCUT2D eigenvalue weighted by atomic mass is 31.2. The first-order valence-electron chi connectivity index (χ1n) is 33.6. The molecule has 0 radical (unpaired) electrons. The first kappa shape index (κ1) is 77.4. The van der Waals surface area contributed by atoms with E-state index in [4.69, 9.17) is 9.05 Å². The average Bonchev–Trinajstić information content (AvgIpc) is 3.42. The molecule has 3 N–H and O–H groups in total. The van der Waals surface area contributed by atoms with Gasteiger partial charge < -0.3 is 19.8 Å². The van der Waals surface area contributed by atoms with Crippen molar-refractivity contribution in [2.45, 2.75) is 309 Å². The molecular formula is C71H130N2O6P+. The Morgan fingerprint density at radius 2 is 0.762 bits per heavy atom. The number of phosphoric acid groups is 1. The van der Waals surface area contributed by atoms with Crippen LogP contribution in [0.3, 0.4) is 0 Å². The maximum atomic E-state index is 13.0. The fourth-order valence-corrected chi connectivity index (χ4v) is 10.3. The fraction of sp³-hybridized carbons (Fsp3) is 0.761.